The maximum atomic E-state index is 12.6. The van der Waals surface area contributed by atoms with Crippen molar-refractivity contribution in [2.24, 2.45) is 11.8 Å². The number of hydrogen-bond donors (Lipinski definition) is 1. The average Bonchev–Trinajstić information content (AvgIpc) is 2.93. The monoisotopic (exact) mass is 779 g/mol. The van der Waals surface area contributed by atoms with E-state index in [2.05, 4.69) is 21.3 Å². The van der Waals surface area contributed by atoms with Crippen molar-refractivity contribution in [1.82, 2.24) is 5.32 Å². The van der Waals surface area contributed by atoms with E-state index in [1.165, 1.54) is 0 Å². The normalized spacial score (nSPS) is 15.7. The molecule has 0 heterocycles. The lowest BCUT2D eigenvalue weighted by Gasteiger charge is -2.26. The molecule has 0 spiro atoms. The van der Waals surface area contributed by atoms with Crippen LogP contribution in [-0.4, -0.2) is 49.4 Å². The molecule has 12 nitrogen and oxygen atoms in total. The van der Waals surface area contributed by atoms with Crippen molar-refractivity contribution in [2.45, 2.75) is 106 Å². The van der Waals surface area contributed by atoms with E-state index in [1.807, 2.05) is 20.8 Å². The van der Waals surface area contributed by atoms with Crippen LogP contribution in [0.5, 0.6) is 0 Å². The van der Waals surface area contributed by atoms with E-state index in [1.54, 1.807) is 34.6 Å². The number of carbonyl (C=O) groups excluding carboxylic acids is 3. The molecule has 0 aromatic heterocycles. The van der Waals surface area contributed by atoms with Crippen molar-refractivity contribution in [1.29, 1.82) is 0 Å². The molecule has 1 N–H and O–H groups in total. The minimum absolute atomic E-state index is 0.0406. The molecule has 0 fully saturated rings. The van der Waals surface area contributed by atoms with E-state index in [9.17, 15) is 23.5 Å². The fourth-order valence-electron chi connectivity index (χ4n) is 2.85. The lowest BCUT2D eigenvalue weighted by molar-refractivity contribution is -0.129. The van der Waals surface area contributed by atoms with E-state index in [4.69, 9.17) is 48.4 Å². The first-order valence-corrected chi connectivity index (χ1v) is 23.8. The number of ketones is 2. The molecule has 0 rings (SSSR count). The third kappa shape index (κ3) is 23.2. The van der Waals surface area contributed by atoms with Crippen LogP contribution in [-0.2, 0) is 89.8 Å². The summed E-state index contributed by atoms with van der Waals surface area (Å²) in [6, 6.07) is 0. The Labute approximate surface area is 280 Å². The highest BCUT2D eigenvalue weighted by molar-refractivity contribution is 8.37. The molecule has 4 atom stereocenters. The number of rotatable bonds is 24. The van der Waals surface area contributed by atoms with Crippen molar-refractivity contribution in [3.63, 3.8) is 0 Å². The first-order chi connectivity index (χ1) is 20.4. The number of phosphoric ester groups is 2. The smallest absolute Gasteiger partial charge is 0.383 e. The number of hydrogen-bond acceptors (Lipinski definition) is 15. The lowest BCUT2D eigenvalue weighted by Crippen LogP contribution is -2.33. The lowest BCUT2D eigenvalue weighted by atomic mass is 10.0. The molecule has 262 valence electrons. The molecule has 0 aromatic carbocycles. The van der Waals surface area contributed by atoms with Gasteiger partial charge in [0.05, 0.1) is 19.3 Å². The number of phosphoric acid groups is 2. The third-order valence-corrected chi connectivity index (χ3v) is 12.3. The molecule has 44 heavy (non-hydrogen) atoms. The molecule has 0 aliphatic heterocycles. The number of Topliss-reactive ketones (excluding diaryl/α,β-unsaturated/α-hetero) is 2. The van der Waals surface area contributed by atoms with Crippen LogP contribution in [0.15, 0.2) is 0 Å². The Morgan fingerprint density at radius 1 is 0.773 bits per heavy atom. The summed E-state index contributed by atoms with van der Waals surface area (Å²) in [6.07, 6.45) is 1.12. The molecular formula is C24H49NO11P4S4-2. The quantitative estimate of drug-likeness (QED) is 0.0783. The van der Waals surface area contributed by atoms with Gasteiger partial charge in [0, 0.05) is 31.2 Å². The van der Waals surface area contributed by atoms with Gasteiger partial charge < -0.3 is 13.3 Å². The van der Waals surface area contributed by atoms with Crippen molar-refractivity contribution in [3.05, 3.63) is 0 Å². The maximum Gasteiger partial charge on any atom is 0.456 e. The zero-order valence-corrected chi connectivity index (χ0v) is 33.7. The zero-order chi connectivity index (χ0) is 34.5. The summed E-state index contributed by atoms with van der Waals surface area (Å²) in [5.41, 5.74) is 0. The summed E-state index contributed by atoms with van der Waals surface area (Å²) < 4.78 is 56.1. The molecule has 0 saturated carbocycles. The molecule has 0 aliphatic carbocycles. The number of nitrogens with one attached hydrogen (secondary N) is 1. The standard InChI is InChI=1S/C14H28NO6P2S2.C10H21O5P2S2/c1-5-9-19-23(18,21-25(22)24)20-12(6-2)10-15-14(17)8-7-13(16)11(3)4;1-5-7-13-17(12,15-19(16)18)14-9(6-2)10(11)8(3)4/h11-12,22H,5-10H2,1-4H3,(H,15,17);8-9,16H,5-7H2,1-4H3/q2*-1. The van der Waals surface area contributed by atoms with E-state index in [0.29, 0.717) is 25.7 Å². The fraction of sp³-hybridized carbons (Fsp3) is 0.875. The van der Waals surface area contributed by atoms with Gasteiger partial charge in [-0.1, -0.05) is 55.4 Å². The summed E-state index contributed by atoms with van der Waals surface area (Å²) in [6.45, 7) is 15.0. The Bertz CT molecular complexity index is 1120. The summed E-state index contributed by atoms with van der Waals surface area (Å²) in [4.78, 5) is 35.3. The summed E-state index contributed by atoms with van der Waals surface area (Å²) in [5.74, 6) is -0.655. The van der Waals surface area contributed by atoms with Gasteiger partial charge in [-0.2, -0.15) is 0 Å². The zero-order valence-electron chi connectivity index (χ0n) is 26.7. The predicted octanol–water partition coefficient (Wildman–Crippen LogP) is 7.12. The van der Waals surface area contributed by atoms with E-state index in [-0.39, 0.29) is 61.9 Å². The second kappa shape index (κ2) is 25.7. The van der Waals surface area contributed by atoms with Crippen LogP contribution >= 0.6 is 31.7 Å². The van der Waals surface area contributed by atoms with Crippen LogP contribution in [0.25, 0.3) is 0 Å². The van der Waals surface area contributed by atoms with Gasteiger partial charge in [0.15, 0.2) is 5.78 Å². The van der Waals surface area contributed by atoms with E-state index in [0.717, 1.165) is 0 Å². The van der Waals surface area contributed by atoms with Crippen molar-refractivity contribution >= 4 is 89.4 Å². The molecule has 20 heteroatoms. The minimum Gasteiger partial charge on any atom is -0.383 e. The van der Waals surface area contributed by atoms with Crippen LogP contribution in [0, 0.1) is 11.8 Å². The first-order valence-electron chi connectivity index (χ1n) is 14.2. The van der Waals surface area contributed by atoms with Crippen LogP contribution in [0.3, 0.4) is 0 Å². The molecule has 0 saturated heterocycles. The number of carbonyl (C=O) groups is 3. The third-order valence-electron chi connectivity index (χ3n) is 5.24. The van der Waals surface area contributed by atoms with Gasteiger partial charge in [-0.15, -0.1) is 0 Å². The molecule has 0 aromatic rings. The van der Waals surface area contributed by atoms with Crippen LogP contribution in [0.1, 0.15) is 93.9 Å². The number of amides is 1. The van der Waals surface area contributed by atoms with Gasteiger partial charge >= 0.3 is 15.6 Å². The Kier molecular flexibility index (Phi) is 27.4. The molecular weight excluding hydrogens is 730 g/mol. The van der Waals surface area contributed by atoms with Gasteiger partial charge in [0.25, 0.3) is 0 Å². The molecule has 4 unspecified atom stereocenters. The Morgan fingerprint density at radius 2 is 1.25 bits per heavy atom. The second-order valence-electron chi connectivity index (χ2n) is 9.80. The first kappa shape index (κ1) is 46.9. The molecule has 0 aliphatic rings. The Morgan fingerprint density at radius 3 is 1.61 bits per heavy atom. The Balaban J connectivity index is 0. The van der Waals surface area contributed by atoms with Crippen LogP contribution in [0.4, 0.5) is 0 Å². The van der Waals surface area contributed by atoms with Crippen molar-refractivity contribution in [3.8, 4) is 0 Å². The predicted molar refractivity (Wildman–Crippen MR) is 188 cm³/mol. The highest BCUT2D eigenvalue weighted by atomic mass is 33.0. The average molecular weight is 780 g/mol. The van der Waals surface area contributed by atoms with Gasteiger partial charge in [0.2, 0.25) is 5.91 Å². The van der Waals surface area contributed by atoms with Gasteiger partial charge in [-0.3, -0.25) is 50.3 Å². The minimum atomic E-state index is -3.82. The molecule has 0 radical (unpaired) electrons. The van der Waals surface area contributed by atoms with Gasteiger partial charge in [0.1, 0.15) is 11.9 Å². The van der Waals surface area contributed by atoms with Crippen LogP contribution in [0.2, 0.25) is 0 Å². The summed E-state index contributed by atoms with van der Waals surface area (Å²) in [7, 11) is -3.89. The largest absolute Gasteiger partial charge is 0.456 e. The Hall–Kier alpha value is 0.770. The van der Waals surface area contributed by atoms with E-state index < -0.39 is 45.7 Å². The van der Waals surface area contributed by atoms with E-state index >= 15 is 0 Å². The fourth-order valence-corrected chi connectivity index (χ4v) is 9.87. The van der Waals surface area contributed by atoms with Gasteiger partial charge in [-0.25, -0.2) is 47.5 Å². The highest BCUT2D eigenvalue weighted by Gasteiger charge is 2.32. The summed E-state index contributed by atoms with van der Waals surface area (Å²) in [5, 5.41) is 2.68. The SMILES string of the molecule is CCCOP(=O)(OC(CC)C(=O)C(C)C)O[S-](=P)=S.CCCOP(=O)(OC(CC)CNC(=O)CCC(=O)C(C)C)O[S-](=P)=S. The van der Waals surface area contributed by atoms with Gasteiger partial charge in [-0.05, 0) is 25.7 Å². The topological polar surface area (TPSA) is 153 Å². The van der Waals surface area contributed by atoms with Crippen molar-refractivity contribution < 1.29 is 49.5 Å². The molecule has 1 amide bonds. The highest BCUT2D eigenvalue weighted by Crippen LogP contribution is 2.52. The van der Waals surface area contributed by atoms with Crippen molar-refractivity contribution in [2.75, 3.05) is 19.8 Å². The maximum absolute atomic E-state index is 12.6. The summed E-state index contributed by atoms with van der Waals surface area (Å²) >= 11 is 9.62. The van der Waals surface area contributed by atoms with Crippen LogP contribution < -0.4 is 5.32 Å². The molecule has 0 bridgehead atoms. The second-order valence-corrected chi connectivity index (χ2v) is 20.5.